The number of oxazole rings is 1. The van der Waals surface area contributed by atoms with E-state index in [2.05, 4.69) is 55.2 Å². The Hall–Kier alpha value is -0.790. The van der Waals surface area contributed by atoms with Crippen LogP contribution in [0.15, 0.2) is 15.6 Å². The summed E-state index contributed by atoms with van der Waals surface area (Å²) >= 11 is 0. The van der Waals surface area contributed by atoms with Gasteiger partial charge >= 0.3 is 0 Å². The molecule has 0 spiro atoms. The van der Waals surface area contributed by atoms with Crippen molar-refractivity contribution in [2.24, 2.45) is 4.99 Å². The summed E-state index contributed by atoms with van der Waals surface area (Å²) in [7, 11) is 0. The molecule has 134 valence electrons. The van der Waals surface area contributed by atoms with Crippen molar-refractivity contribution in [3.8, 4) is 0 Å². The zero-order valence-electron chi connectivity index (χ0n) is 15.2. The second-order valence-corrected chi connectivity index (χ2v) is 6.55. The highest BCUT2D eigenvalue weighted by Crippen LogP contribution is 2.22. The Bertz CT molecular complexity index is 452. The molecule has 0 aliphatic heterocycles. The summed E-state index contributed by atoms with van der Waals surface area (Å²) in [5.41, 5.74) is -0.0169. The van der Waals surface area contributed by atoms with Gasteiger partial charge in [0, 0.05) is 18.5 Å². The lowest BCUT2D eigenvalue weighted by molar-refractivity contribution is 0.383. The quantitative estimate of drug-likeness (QED) is 0.277. The van der Waals surface area contributed by atoms with E-state index < -0.39 is 0 Å². The van der Waals surface area contributed by atoms with Crippen molar-refractivity contribution >= 4 is 29.9 Å². The second-order valence-electron chi connectivity index (χ2n) is 6.55. The Morgan fingerprint density at radius 1 is 1.17 bits per heavy atom. The highest BCUT2D eigenvalue weighted by atomic mass is 127. The normalized spacial score (nSPS) is 12.0. The zero-order valence-corrected chi connectivity index (χ0v) is 17.6. The molecule has 0 bridgehead atoms. The summed E-state index contributed by atoms with van der Waals surface area (Å²) in [5, 5.41) is 6.61. The first-order valence-corrected chi connectivity index (χ1v) is 8.44. The third-order valence-corrected chi connectivity index (χ3v) is 3.33. The van der Waals surface area contributed by atoms with E-state index in [0.29, 0.717) is 12.4 Å². The third-order valence-electron chi connectivity index (χ3n) is 3.33. The molecule has 1 aromatic heterocycles. The van der Waals surface area contributed by atoms with E-state index in [0.717, 1.165) is 24.8 Å². The summed E-state index contributed by atoms with van der Waals surface area (Å²) in [4.78, 5) is 8.84. The minimum Gasteiger partial charge on any atom is -0.443 e. The largest absolute Gasteiger partial charge is 0.443 e. The molecule has 0 saturated carbocycles. The maximum atomic E-state index is 5.76. The van der Waals surface area contributed by atoms with Crippen molar-refractivity contribution in [2.75, 3.05) is 13.1 Å². The first kappa shape index (κ1) is 22.2. The maximum Gasteiger partial charge on any atom is 0.216 e. The van der Waals surface area contributed by atoms with Gasteiger partial charge in [-0.1, -0.05) is 47.0 Å². The van der Waals surface area contributed by atoms with Gasteiger partial charge in [-0.15, -0.1) is 24.0 Å². The number of aromatic nitrogens is 1. The molecule has 0 unspecified atom stereocenters. The highest BCUT2D eigenvalue weighted by molar-refractivity contribution is 14.0. The lowest BCUT2D eigenvalue weighted by Gasteiger charge is -2.13. The van der Waals surface area contributed by atoms with Gasteiger partial charge in [-0.3, -0.25) is 0 Å². The molecule has 0 fully saturated rings. The predicted octanol–water partition coefficient (Wildman–Crippen LogP) is 4.23. The van der Waals surface area contributed by atoms with E-state index in [1.807, 2.05) is 0 Å². The van der Waals surface area contributed by atoms with Crippen LogP contribution < -0.4 is 10.6 Å². The Labute approximate surface area is 158 Å². The summed E-state index contributed by atoms with van der Waals surface area (Å²) in [6.45, 7) is 12.9. The molecule has 6 heteroatoms. The lowest BCUT2D eigenvalue weighted by atomic mass is 9.94. The molecule has 5 nitrogen and oxygen atoms in total. The van der Waals surface area contributed by atoms with Crippen molar-refractivity contribution < 1.29 is 4.42 Å². The number of guanidine groups is 1. The Balaban J connectivity index is 0.00000484. The molecule has 1 rings (SSSR count). The standard InChI is InChI=1S/C17H32N4O.HI/c1-6-8-9-10-11-19-16(18-7-2)21-13-15-20-12-14(22-15)17(3,4)5;/h12H,6-11,13H2,1-5H3,(H2,18,19,21);1H. The average molecular weight is 436 g/mol. The van der Waals surface area contributed by atoms with Gasteiger partial charge in [0.15, 0.2) is 5.96 Å². The maximum absolute atomic E-state index is 5.76. The smallest absolute Gasteiger partial charge is 0.216 e. The van der Waals surface area contributed by atoms with Crippen LogP contribution in [0.25, 0.3) is 0 Å². The Morgan fingerprint density at radius 2 is 1.91 bits per heavy atom. The van der Waals surface area contributed by atoms with Gasteiger partial charge < -0.3 is 15.1 Å². The van der Waals surface area contributed by atoms with Crippen LogP contribution in [0.3, 0.4) is 0 Å². The van der Waals surface area contributed by atoms with Crippen molar-refractivity contribution in [3.05, 3.63) is 17.8 Å². The number of aliphatic imine (C=N–C) groups is 1. The molecule has 0 aromatic carbocycles. The molecule has 23 heavy (non-hydrogen) atoms. The van der Waals surface area contributed by atoms with E-state index in [1.54, 1.807) is 6.20 Å². The van der Waals surface area contributed by atoms with Crippen LogP contribution in [0.2, 0.25) is 0 Å². The summed E-state index contributed by atoms with van der Waals surface area (Å²) in [5.74, 6) is 2.39. The number of unbranched alkanes of at least 4 members (excludes halogenated alkanes) is 3. The SMILES string of the molecule is CCCCCCNC(=NCc1ncc(C(C)(C)C)o1)NCC.I. The number of hydrogen-bond donors (Lipinski definition) is 2. The fourth-order valence-electron chi connectivity index (χ4n) is 1.98. The van der Waals surface area contributed by atoms with Crippen LogP contribution in [0.5, 0.6) is 0 Å². The minimum atomic E-state index is -0.0169. The van der Waals surface area contributed by atoms with Crippen LogP contribution in [0, 0.1) is 0 Å². The monoisotopic (exact) mass is 436 g/mol. The van der Waals surface area contributed by atoms with Crippen molar-refractivity contribution in [1.29, 1.82) is 0 Å². The third kappa shape index (κ3) is 9.17. The predicted molar refractivity (Wildman–Crippen MR) is 108 cm³/mol. The zero-order chi connectivity index (χ0) is 16.4. The minimum absolute atomic E-state index is 0. The highest BCUT2D eigenvalue weighted by Gasteiger charge is 2.18. The number of hydrogen-bond acceptors (Lipinski definition) is 3. The molecule has 0 aliphatic carbocycles. The van der Waals surface area contributed by atoms with Crippen LogP contribution in [0.1, 0.15) is 72.0 Å². The lowest BCUT2D eigenvalue weighted by Crippen LogP contribution is -2.37. The summed E-state index contributed by atoms with van der Waals surface area (Å²) < 4.78 is 5.76. The molecule has 0 amide bonds. The van der Waals surface area contributed by atoms with Gasteiger partial charge in [-0.25, -0.2) is 9.98 Å². The molecule has 1 aromatic rings. The van der Waals surface area contributed by atoms with Gasteiger partial charge in [-0.2, -0.15) is 0 Å². The average Bonchev–Trinajstić information content (AvgIpc) is 2.93. The van der Waals surface area contributed by atoms with Crippen molar-refractivity contribution in [3.63, 3.8) is 0 Å². The molecular weight excluding hydrogens is 403 g/mol. The van der Waals surface area contributed by atoms with Gasteiger partial charge in [0.25, 0.3) is 0 Å². The Morgan fingerprint density at radius 3 is 2.48 bits per heavy atom. The fraction of sp³-hybridized carbons (Fsp3) is 0.765. The molecule has 1 heterocycles. The van der Waals surface area contributed by atoms with Crippen LogP contribution in [-0.4, -0.2) is 24.0 Å². The van der Waals surface area contributed by atoms with Crippen LogP contribution >= 0.6 is 24.0 Å². The first-order valence-electron chi connectivity index (χ1n) is 8.44. The summed E-state index contributed by atoms with van der Waals surface area (Å²) in [6.07, 6.45) is 6.79. The van der Waals surface area contributed by atoms with Crippen molar-refractivity contribution in [1.82, 2.24) is 15.6 Å². The molecular formula is C17H33IN4O. The summed E-state index contributed by atoms with van der Waals surface area (Å²) in [6, 6.07) is 0. The van der Waals surface area contributed by atoms with Crippen LogP contribution in [0.4, 0.5) is 0 Å². The van der Waals surface area contributed by atoms with E-state index in [1.165, 1.54) is 25.7 Å². The molecule has 0 radical (unpaired) electrons. The molecule has 0 aliphatic rings. The number of rotatable bonds is 8. The van der Waals surface area contributed by atoms with Gasteiger partial charge in [0.2, 0.25) is 5.89 Å². The van der Waals surface area contributed by atoms with Crippen molar-refractivity contribution in [2.45, 2.75) is 72.3 Å². The van der Waals surface area contributed by atoms with E-state index in [9.17, 15) is 0 Å². The molecule has 0 atom stereocenters. The fourth-order valence-corrected chi connectivity index (χ4v) is 1.98. The second kappa shape index (κ2) is 11.7. The topological polar surface area (TPSA) is 62.5 Å². The molecule has 2 N–H and O–H groups in total. The number of halogens is 1. The number of nitrogens with zero attached hydrogens (tertiary/aromatic N) is 2. The first-order chi connectivity index (χ1) is 10.5. The van der Waals surface area contributed by atoms with Gasteiger partial charge in [0.1, 0.15) is 12.3 Å². The molecule has 0 saturated heterocycles. The Kier molecular flexibility index (Phi) is 11.3. The number of nitrogens with one attached hydrogen (secondary N) is 2. The van der Waals surface area contributed by atoms with Crippen LogP contribution in [-0.2, 0) is 12.0 Å². The van der Waals surface area contributed by atoms with E-state index in [4.69, 9.17) is 4.42 Å². The van der Waals surface area contributed by atoms with E-state index >= 15 is 0 Å². The van der Waals surface area contributed by atoms with Gasteiger partial charge in [-0.05, 0) is 13.3 Å². The van der Waals surface area contributed by atoms with Gasteiger partial charge in [0.05, 0.1) is 6.20 Å². The van der Waals surface area contributed by atoms with E-state index in [-0.39, 0.29) is 29.4 Å².